The van der Waals surface area contributed by atoms with Gasteiger partial charge < -0.3 is 10.2 Å². The number of nitrogens with zero attached hydrogens (tertiary/aromatic N) is 1. The van der Waals surface area contributed by atoms with Gasteiger partial charge in [-0.2, -0.15) is 0 Å². The first-order chi connectivity index (χ1) is 12.2. The molecule has 3 nitrogen and oxygen atoms in total. The van der Waals surface area contributed by atoms with Gasteiger partial charge in [-0.05, 0) is 61.1 Å². The first-order valence-corrected chi connectivity index (χ1v) is 9.09. The molecule has 0 saturated carbocycles. The lowest BCUT2D eigenvalue weighted by atomic mass is 9.98. The normalized spacial score (nSPS) is 20.4. The Labute approximate surface area is 147 Å². The first-order valence-electron chi connectivity index (χ1n) is 9.09. The molecule has 130 valence electrons. The number of fused-ring (bicyclic) bond motifs is 1. The van der Waals surface area contributed by atoms with Gasteiger partial charge >= 0.3 is 0 Å². The van der Waals surface area contributed by atoms with Gasteiger partial charge in [-0.3, -0.25) is 4.79 Å². The lowest BCUT2D eigenvalue weighted by Crippen LogP contribution is -2.45. The average molecular weight is 338 g/mol. The minimum absolute atomic E-state index is 0.00586. The van der Waals surface area contributed by atoms with Gasteiger partial charge in [-0.25, -0.2) is 4.39 Å². The smallest absolute Gasteiger partial charge is 0.227 e. The summed E-state index contributed by atoms with van der Waals surface area (Å²) in [6.07, 6.45) is 3.77. The Morgan fingerprint density at radius 1 is 1.00 bits per heavy atom. The third-order valence-corrected chi connectivity index (χ3v) is 5.48. The number of carbonyl (C=O) groups excluding carboxylic acids is 1. The molecule has 0 spiro atoms. The Bertz CT molecular complexity index is 751. The third-order valence-electron chi connectivity index (χ3n) is 5.48. The molecular formula is C21H23FN2O. The van der Waals surface area contributed by atoms with Gasteiger partial charge in [-0.1, -0.05) is 24.3 Å². The maximum atomic E-state index is 13.0. The fourth-order valence-electron chi connectivity index (χ4n) is 4.07. The topological polar surface area (TPSA) is 32.3 Å². The van der Waals surface area contributed by atoms with E-state index in [-0.39, 0.29) is 23.7 Å². The highest BCUT2D eigenvalue weighted by molar-refractivity contribution is 5.85. The van der Waals surface area contributed by atoms with Crippen molar-refractivity contribution in [3.8, 4) is 0 Å². The quantitative estimate of drug-likeness (QED) is 0.927. The summed E-state index contributed by atoms with van der Waals surface area (Å²) in [5, 5.41) is 3.26. The van der Waals surface area contributed by atoms with Crippen LogP contribution in [0.25, 0.3) is 0 Å². The minimum Gasteiger partial charge on any atom is -0.371 e. The zero-order chi connectivity index (χ0) is 17.2. The van der Waals surface area contributed by atoms with E-state index < -0.39 is 0 Å². The number of piperidine rings is 1. The van der Waals surface area contributed by atoms with E-state index in [4.69, 9.17) is 0 Å². The van der Waals surface area contributed by atoms with E-state index in [1.807, 2.05) is 24.3 Å². The highest BCUT2D eigenvalue weighted by atomic mass is 19.1. The standard InChI is InChI=1S/C21H23FN2O/c22-16-6-8-18(9-7-16)24-13-11-17(12-14-24)23-21(25)20-10-5-15-3-1-2-4-19(15)20/h1-4,6-9,17,20H,5,10-14H2,(H,23,25)/t20-/m0/s1. The van der Waals surface area contributed by atoms with Crippen molar-refractivity contribution in [3.05, 3.63) is 65.5 Å². The van der Waals surface area contributed by atoms with Gasteiger partial charge in [0.1, 0.15) is 5.82 Å². The molecule has 1 N–H and O–H groups in total. The molecule has 1 atom stereocenters. The number of benzene rings is 2. The molecule has 0 aromatic heterocycles. The van der Waals surface area contributed by atoms with E-state index in [2.05, 4.69) is 22.3 Å². The molecule has 2 aliphatic rings. The van der Waals surface area contributed by atoms with Crippen LogP contribution in [0, 0.1) is 5.82 Å². The van der Waals surface area contributed by atoms with E-state index >= 15 is 0 Å². The van der Waals surface area contributed by atoms with Crippen molar-refractivity contribution < 1.29 is 9.18 Å². The van der Waals surface area contributed by atoms with Crippen LogP contribution in [0.1, 0.15) is 36.3 Å². The van der Waals surface area contributed by atoms with Crippen molar-refractivity contribution in [1.29, 1.82) is 0 Å². The van der Waals surface area contributed by atoms with Crippen LogP contribution in [0.2, 0.25) is 0 Å². The van der Waals surface area contributed by atoms with Gasteiger partial charge in [0, 0.05) is 24.8 Å². The van der Waals surface area contributed by atoms with Crippen LogP contribution in [0.5, 0.6) is 0 Å². The van der Waals surface area contributed by atoms with Crippen LogP contribution >= 0.6 is 0 Å². The Kier molecular flexibility index (Phi) is 4.43. The molecule has 0 unspecified atom stereocenters. The monoisotopic (exact) mass is 338 g/mol. The summed E-state index contributed by atoms with van der Waals surface area (Å²) in [4.78, 5) is 15.0. The fraction of sp³-hybridized carbons (Fsp3) is 0.381. The number of carbonyl (C=O) groups is 1. The molecule has 1 heterocycles. The molecule has 2 aromatic rings. The fourth-order valence-corrected chi connectivity index (χ4v) is 4.07. The SMILES string of the molecule is O=C(NC1CCN(c2ccc(F)cc2)CC1)[C@H]1CCc2ccccc21. The van der Waals surface area contributed by atoms with Gasteiger partial charge in [0.2, 0.25) is 5.91 Å². The molecular weight excluding hydrogens is 315 g/mol. The molecule has 25 heavy (non-hydrogen) atoms. The van der Waals surface area contributed by atoms with E-state index in [0.717, 1.165) is 44.5 Å². The highest BCUT2D eigenvalue weighted by Gasteiger charge is 2.30. The van der Waals surface area contributed by atoms with Crippen molar-refractivity contribution >= 4 is 11.6 Å². The molecule has 4 heteroatoms. The van der Waals surface area contributed by atoms with Gasteiger partial charge in [0.05, 0.1) is 5.92 Å². The first kappa shape index (κ1) is 16.1. The van der Waals surface area contributed by atoms with Crippen LogP contribution in [0.4, 0.5) is 10.1 Å². The Morgan fingerprint density at radius 2 is 1.72 bits per heavy atom. The van der Waals surface area contributed by atoms with Crippen molar-refractivity contribution in [1.82, 2.24) is 5.32 Å². The number of anilines is 1. The van der Waals surface area contributed by atoms with E-state index in [1.54, 1.807) is 0 Å². The molecule has 1 aliphatic heterocycles. The van der Waals surface area contributed by atoms with E-state index in [1.165, 1.54) is 23.3 Å². The van der Waals surface area contributed by atoms with E-state index in [9.17, 15) is 9.18 Å². The number of halogens is 1. The van der Waals surface area contributed by atoms with Crippen molar-refractivity contribution in [2.24, 2.45) is 0 Å². The van der Waals surface area contributed by atoms with Crippen molar-refractivity contribution in [3.63, 3.8) is 0 Å². The number of amides is 1. The molecule has 1 amide bonds. The van der Waals surface area contributed by atoms with Gasteiger partial charge in [0.15, 0.2) is 0 Å². The highest BCUT2D eigenvalue weighted by Crippen LogP contribution is 2.33. The molecule has 0 bridgehead atoms. The predicted molar refractivity (Wildman–Crippen MR) is 97.3 cm³/mol. The van der Waals surface area contributed by atoms with Gasteiger partial charge in [0.25, 0.3) is 0 Å². The maximum Gasteiger partial charge on any atom is 0.227 e. The summed E-state index contributed by atoms with van der Waals surface area (Å²) >= 11 is 0. The van der Waals surface area contributed by atoms with Crippen LogP contribution < -0.4 is 10.2 Å². The molecule has 4 rings (SSSR count). The molecule has 1 fully saturated rings. The Morgan fingerprint density at radius 3 is 2.48 bits per heavy atom. The van der Waals surface area contributed by atoms with Crippen LogP contribution in [-0.4, -0.2) is 25.0 Å². The lowest BCUT2D eigenvalue weighted by Gasteiger charge is -2.34. The Balaban J connectivity index is 1.33. The number of nitrogens with one attached hydrogen (secondary N) is 1. The molecule has 0 radical (unpaired) electrons. The largest absolute Gasteiger partial charge is 0.371 e. The van der Waals surface area contributed by atoms with Crippen molar-refractivity contribution in [2.45, 2.75) is 37.6 Å². The zero-order valence-corrected chi connectivity index (χ0v) is 14.2. The lowest BCUT2D eigenvalue weighted by molar-refractivity contribution is -0.123. The summed E-state index contributed by atoms with van der Waals surface area (Å²) in [7, 11) is 0. The van der Waals surface area contributed by atoms with Crippen LogP contribution in [0.3, 0.4) is 0 Å². The summed E-state index contributed by atoms with van der Waals surface area (Å²) in [5.74, 6) is -0.0285. The van der Waals surface area contributed by atoms with Crippen molar-refractivity contribution in [2.75, 3.05) is 18.0 Å². The number of hydrogen-bond acceptors (Lipinski definition) is 2. The number of aryl methyl sites for hydroxylation is 1. The molecule has 1 aliphatic carbocycles. The third kappa shape index (κ3) is 3.39. The average Bonchev–Trinajstić information content (AvgIpc) is 3.07. The second kappa shape index (κ2) is 6.87. The Hall–Kier alpha value is -2.36. The molecule has 1 saturated heterocycles. The second-order valence-corrected chi connectivity index (χ2v) is 7.04. The zero-order valence-electron chi connectivity index (χ0n) is 14.2. The summed E-state index contributed by atoms with van der Waals surface area (Å²) < 4.78 is 13.0. The minimum atomic E-state index is -0.206. The predicted octanol–water partition coefficient (Wildman–Crippen LogP) is 3.64. The summed E-state index contributed by atoms with van der Waals surface area (Å²) in [6, 6.07) is 15.2. The van der Waals surface area contributed by atoms with E-state index in [0.29, 0.717) is 0 Å². The van der Waals surface area contributed by atoms with Gasteiger partial charge in [-0.15, -0.1) is 0 Å². The second-order valence-electron chi connectivity index (χ2n) is 7.04. The summed E-state index contributed by atoms with van der Waals surface area (Å²) in [5.41, 5.74) is 3.56. The number of hydrogen-bond donors (Lipinski definition) is 1. The maximum absolute atomic E-state index is 13.0. The van der Waals surface area contributed by atoms with Crippen LogP contribution in [0.15, 0.2) is 48.5 Å². The number of rotatable bonds is 3. The van der Waals surface area contributed by atoms with Crippen LogP contribution in [-0.2, 0) is 11.2 Å². The molecule has 2 aromatic carbocycles. The summed E-state index contributed by atoms with van der Waals surface area (Å²) in [6.45, 7) is 1.77.